The zero-order valence-electron chi connectivity index (χ0n) is 10.2. The molecule has 0 saturated heterocycles. The minimum Gasteiger partial charge on any atom is -0.0912 e. The van der Waals surface area contributed by atoms with Crippen LogP contribution < -0.4 is 0 Å². The average Bonchev–Trinajstić information content (AvgIpc) is 2.29. The lowest BCUT2D eigenvalue weighted by molar-refractivity contribution is 0.664. The Labute approximate surface area is 99.0 Å². The highest BCUT2D eigenvalue weighted by atomic mass is 14.0. The first-order valence-electron chi connectivity index (χ1n) is 5.77. The summed E-state index contributed by atoms with van der Waals surface area (Å²) in [7, 11) is 0. The summed E-state index contributed by atoms with van der Waals surface area (Å²) < 4.78 is 0. The normalized spacial score (nSPS) is 11.7. The zero-order valence-corrected chi connectivity index (χ0v) is 10.2. The number of allylic oxidation sites excluding steroid dienone is 5. The summed E-state index contributed by atoms with van der Waals surface area (Å²) in [4.78, 5) is 0. The van der Waals surface area contributed by atoms with Crippen molar-refractivity contribution in [3.63, 3.8) is 0 Å². The Kier molecular flexibility index (Phi) is 5.35. The summed E-state index contributed by atoms with van der Waals surface area (Å²) >= 11 is 0. The third kappa shape index (κ3) is 4.79. The lowest BCUT2D eigenvalue weighted by Crippen LogP contribution is -1.80. The van der Waals surface area contributed by atoms with Gasteiger partial charge in [-0.05, 0) is 23.5 Å². The molecule has 0 aliphatic heterocycles. The molecule has 0 heterocycles. The third-order valence-corrected chi connectivity index (χ3v) is 2.30. The van der Waals surface area contributed by atoms with Gasteiger partial charge in [0.2, 0.25) is 0 Å². The molecular weight excluding hydrogens is 192 g/mol. The Morgan fingerprint density at radius 1 is 1.19 bits per heavy atom. The van der Waals surface area contributed by atoms with Crippen LogP contribution in [0.1, 0.15) is 25.8 Å². The van der Waals surface area contributed by atoms with Crippen LogP contribution in [0.5, 0.6) is 0 Å². The number of benzene rings is 1. The van der Waals surface area contributed by atoms with Gasteiger partial charge in [0.15, 0.2) is 0 Å². The maximum atomic E-state index is 4.04. The summed E-state index contributed by atoms with van der Waals surface area (Å²) in [5.74, 6) is 0.724. The predicted octanol–water partition coefficient (Wildman–Crippen LogP) is 4.86. The number of rotatable bonds is 5. The van der Waals surface area contributed by atoms with Crippen LogP contribution in [0.15, 0.2) is 61.2 Å². The van der Waals surface area contributed by atoms with E-state index in [0.29, 0.717) is 0 Å². The zero-order chi connectivity index (χ0) is 11.8. The number of hydrogen-bond donors (Lipinski definition) is 0. The van der Waals surface area contributed by atoms with Crippen molar-refractivity contribution in [2.75, 3.05) is 0 Å². The van der Waals surface area contributed by atoms with E-state index < -0.39 is 0 Å². The van der Waals surface area contributed by atoms with E-state index >= 15 is 0 Å². The fourth-order valence-corrected chi connectivity index (χ4v) is 1.35. The van der Waals surface area contributed by atoms with Crippen LogP contribution in [0.2, 0.25) is 0 Å². The van der Waals surface area contributed by atoms with Crippen molar-refractivity contribution in [1.29, 1.82) is 0 Å². The summed E-state index contributed by atoms with van der Waals surface area (Å²) in [5.41, 5.74) is 2.23. The van der Waals surface area contributed by atoms with Crippen molar-refractivity contribution in [3.8, 4) is 0 Å². The van der Waals surface area contributed by atoms with Crippen molar-refractivity contribution in [1.82, 2.24) is 0 Å². The van der Waals surface area contributed by atoms with Crippen LogP contribution in [-0.2, 0) is 0 Å². The molecule has 0 aromatic heterocycles. The van der Waals surface area contributed by atoms with Crippen LogP contribution >= 0.6 is 0 Å². The molecule has 0 bridgehead atoms. The summed E-state index contributed by atoms with van der Waals surface area (Å²) in [6.45, 7) is 8.48. The van der Waals surface area contributed by atoms with Crippen molar-refractivity contribution >= 4 is 5.57 Å². The molecule has 0 unspecified atom stereocenters. The molecule has 0 nitrogen and oxygen atoms in total. The molecule has 0 heteroatoms. The first-order valence-corrected chi connectivity index (χ1v) is 5.77. The second-order valence-electron chi connectivity index (χ2n) is 4.31. The van der Waals surface area contributed by atoms with Gasteiger partial charge in [-0.3, -0.25) is 0 Å². The van der Waals surface area contributed by atoms with Crippen LogP contribution in [0, 0.1) is 5.92 Å². The smallest absolute Gasteiger partial charge is 0.0190 e. The van der Waals surface area contributed by atoms with Gasteiger partial charge in [0, 0.05) is 0 Å². The van der Waals surface area contributed by atoms with Gasteiger partial charge in [0.05, 0.1) is 0 Å². The standard InChI is InChI=1S/C16H20/c1-14(2)10-6-4-7-11-15(3)16-12-8-5-9-13-16/h4-9,11-14H,3,10H2,1-2H3/b6-4-,11-7-. The molecule has 1 aromatic rings. The van der Waals surface area contributed by atoms with Gasteiger partial charge in [-0.2, -0.15) is 0 Å². The fraction of sp³-hybridized carbons (Fsp3) is 0.250. The van der Waals surface area contributed by atoms with Crippen LogP contribution in [0.4, 0.5) is 0 Å². The highest BCUT2D eigenvalue weighted by Gasteiger charge is 1.91. The van der Waals surface area contributed by atoms with E-state index in [-0.39, 0.29) is 0 Å². The minimum atomic E-state index is 0.724. The highest BCUT2D eigenvalue weighted by Crippen LogP contribution is 2.12. The van der Waals surface area contributed by atoms with E-state index in [2.05, 4.69) is 50.8 Å². The van der Waals surface area contributed by atoms with Gasteiger partial charge in [0.1, 0.15) is 0 Å². The van der Waals surface area contributed by atoms with Gasteiger partial charge in [-0.15, -0.1) is 0 Å². The predicted molar refractivity (Wildman–Crippen MR) is 73.2 cm³/mol. The van der Waals surface area contributed by atoms with Gasteiger partial charge in [-0.25, -0.2) is 0 Å². The van der Waals surface area contributed by atoms with E-state index in [1.165, 1.54) is 5.56 Å². The molecule has 1 aromatic carbocycles. The Bertz CT molecular complexity index is 366. The molecule has 1 rings (SSSR count). The minimum absolute atomic E-state index is 0.724. The maximum Gasteiger partial charge on any atom is -0.0190 e. The molecule has 0 aliphatic rings. The Balaban J connectivity index is 2.46. The molecule has 0 aliphatic carbocycles. The molecule has 0 radical (unpaired) electrons. The molecule has 0 spiro atoms. The lowest BCUT2D eigenvalue weighted by Gasteiger charge is -1.98. The Hall–Kier alpha value is -1.56. The SMILES string of the molecule is C=C(/C=C\C=C/CC(C)C)c1ccccc1. The molecule has 0 atom stereocenters. The summed E-state index contributed by atoms with van der Waals surface area (Å²) in [6, 6.07) is 10.2. The van der Waals surface area contributed by atoms with E-state index in [1.54, 1.807) is 0 Å². The molecule has 16 heavy (non-hydrogen) atoms. The first kappa shape index (κ1) is 12.5. The van der Waals surface area contributed by atoms with Crippen molar-refractivity contribution in [3.05, 3.63) is 66.8 Å². The second kappa shape index (κ2) is 6.84. The second-order valence-corrected chi connectivity index (χ2v) is 4.31. The topological polar surface area (TPSA) is 0 Å². The molecule has 84 valence electrons. The van der Waals surface area contributed by atoms with E-state index in [1.807, 2.05) is 24.3 Å². The maximum absolute atomic E-state index is 4.04. The van der Waals surface area contributed by atoms with E-state index in [4.69, 9.17) is 0 Å². The highest BCUT2D eigenvalue weighted by molar-refractivity contribution is 5.72. The average molecular weight is 212 g/mol. The first-order chi connectivity index (χ1) is 7.70. The van der Waals surface area contributed by atoms with Crippen molar-refractivity contribution in [2.24, 2.45) is 5.92 Å². The van der Waals surface area contributed by atoms with Crippen molar-refractivity contribution < 1.29 is 0 Å². The van der Waals surface area contributed by atoms with Crippen LogP contribution in [-0.4, -0.2) is 0 Å². The van der Waals surface area contributed by atoms with Gasteiger partial charge in [-0.1, -0.05) is 75.1 Å². The summed E-state index contributed by atoms with van der Waals surface area (Å²) in [6.07, 6.45) is 9.51. The van der Waals surface area contributed by atoms with Gasteiger partial charge in [0.25, 0.3) is 0 Å². The van der Waals surface area contributed by atoms with Crippen LogP contribution in [0.3, 0.4) is 0 Å². The molecule has 0 saturated carbocycles. The van der Waals surface area contributed by atoms with E-state index in [0.717, 1.165) is 17.9 Å². The summed E-state index contributed by atoms with van der Waals surface area (Å²) in [5, 5.41) is 0. The largest absolute Gasteiger partial charge is 0.0912 e. The quantitative estimate of drug-likeness (QED) is 0.611. The Morgan fingerprint density at radius 3 is 2.50 bits per heavy atom. The van der Waals surface area contributed by atoms with E-state index in [9.17, 15) is 0 Å². The fourth-order valence-electron chi connectivity index (χ4n) is 1.35. The van der Waals surface area contributed by atoms with Crippen molar-refractivity contribution in [2.45, 2.75) is 20.3 Å². The van der Waals surface area contributed by atoms with Crippen LogP contribution in [0.25, 0.3) is 5.57 Å². The third-order valence-electron chi connectivity index (χ3n) is 2.30. The monoisotopic (exact) mass is 212 g/mol. The van der Waals surface area contributed by atoms with Gasteiger partial charge >= 0.3 is 0 Å². The lowest BCUT2D eigenvalue weighted by atomic mass is 10.1. The molecule has 0 amide bonds. The molecule has 0 N–H and O–H groups in total. The number of hydrogen-bond acceptors (Lipinski definition) is 0. The van der Waals surface area contributed by atoms with Gasteiger partial charge < -0.3 is 0 Å². The Morgan fingerprint density at radius 2 is 1.88 bits per heavy atom. The molecular formula is C16H20. The molecule has 0 fully saturated rings.